The second-order valence-electron chi connectivity index (χ2n) is 9.83. The topological polar surface area (TPSA) is 96.6 Å². The molecule has 0 atom stereocenters. The predicted octanol–water partition coefficient (Wildman–Crippen LogP) is 4.03. The van der Waals surface area contributed by atoms with Gasteiger partial charge in [0.25, 0.3) is 5.56 Å². The number of aromatic nitrogens is 2. The molecule has 3 rings (SSSR count). The molecule has 0 radical (unpaired) electrons. The summed E-state index contributed by atoms with van der Waals surface area (Å²) in [5.41, 5.74) is -2.22. The lowest BCUT2D eigenvalue weighted by molar-refractivity contribution is -0.164. The summed E-state index contributed by atoms with van der Waals surface area (Å²) in [6.45, 7) is 11.9. The van der Waals surface area contributed by atoms with E-state index in [0.717, 1.165) is 21.5 Å². The Morgan fingerprint density at radius 3 is 2.23 bits per heavy atom. The maximum atomic E-state index is 13.8. The Bertz CT molecular complexity index is 1370. The van der Waals surface area contributed by atoms with Crippen LogP contribution in [-0.4, -0.2) is 33.3 Å². The molecule has 0 amide bonds. The number of aryl methyl sites for hydroxylation is 3. The minimum Gasteiger partial charge on any atom is -0.462 e. The second kappa shape index (κ2) is 9.81. The highest BCUT2D eigenvalue weighted by atomic mass is 32.1. The fraction of sp³-hybridized carbons (Fsp3) is 0.462. The summed E-state index contributed by atoms with van der Waals surface area (Å²) in [6.07, 6.45) is 0.520. The number of benzene rings is 1. The summed E-state index contributed by atoms with van der Waals surface area (Å²) in [6, 6.07) is 9.63. The predicted molar refractivity (Wildman–Crippen MR) is 136 cm³/mol. The van der Waals surface area contributed by atoms with Gasteiger partial charge in [-0.1, -0.05) is 30.3 Å². The molecule has 0 aliphatic heterocycles. The zero-order valence-electron chi connectivity index (χ0n) is 21.3. The van der Waals surface area contributed by atoms with E-state index in [1.807, 2.05) is 30.3 Å². The first-order valence-electron chi connectivity index (χ1n) is 11.5. The highest BCUT2D eigenvalue weighted by Gasteiger charge is 2.39. The van der Waals surface area contributed by atoms with Crippen molar-refractivity contribution in [1.82, 2.24) is 9.13 Å². The summed E-state index contributed by atoms with van der Waals surface area (Å²) in [7, 11) is 0. The molecule has 1 aromatic carbocycles. The van der Waals surface area contributed by atoms with Gasteiger partial charge in [-0.25, -0.2) is 19.0 Å². The van der Waals surface area contributed by atoms with Gasteiger partial charge in [0.1, 0.15) is 20.8 Å². The van der Waals surface area contributed by atoms with Crippen LogP contribution in [0.5, 0.6) is 0 Å². The number of esters is 2. The van der Waals surface area contributed by atoms with Gasteiger partial charge >= 0.3 is 17.6 Å². The van der Waals surface area contributed by atoms with Gasteiger partial charge in [0.05, 0.1) is 12.0 Å². The zero-order chi connectivity index (χ0) is 26.1. The monoisotopic (exact) mass is 500 g/mol. The first kappa shape index (κ1) is 26.4. The standard InChI is InChI=1S/C26H32N2O6S/c1-8-33-22(30)19-16(2)18-20(29)28(26(6,7)23(31)34-25(3,4)5)24(32)27(21(18)35-19)15-14-17-12-10-9-11-13-17/h9-13H,8,14-15H2,1-7H3. The van der Waals surface area contributed by atoms with Crippen LogP contribution in [0.1, 0.15) is 62.3 Å². The molecule has 0 fully saturated rings. The number of carbonyl (C=O) groups is 2. The SMILES string of the molecule is CCOC(=O)c1sc2c(c1C)c(=O)n(C(C)(C)C(=O)OC(C)(C)C)c(=O)n2CCc1ccccc1. The van der Waals surface area contributed by atoms with Crippen LogP contribution in [0.15, 0.2) is 39.9 Å². The molecule has 0 aliphatic carbocycles. The maximum absolute atomic E-state index is 13.8. The Morgan fingerprint density at radius 1 is 1.03 bits per heavy atom. The van der Waals surface area contributed by atoms with Crippen LogP contribution in [-0.2, 0) is 32.8 Å². The van der Waals surface area contributed by atoms with Crippen molar-refractivity contribution in [2.45, 2.75) is 72.6 Å². The Morgan fingerprint density at radius 2 is 1.66 bits per heavy atom. The van der Waals surface area contributed by atoms with Crippen LogP contribution in [0.4, 0.5) is 0 Å². The summed E-state index contributed by atoms with van der Waals surface area (Å²) >= 11 is 1.06. The van der Waals surface area contributed by atoms with Gasteiger partial charge < -0.3 is 9.47 Å². The minimum absolute atomic E-state index is 0.184. The van der Waals surface area contributed by atoms with Gasteiger partial charge in [0, 0.05) is 6.54 Å². The zero-order valence-corrected chi connectivity index (χ0v) is 22.1. The molecule has 8 nitrogen and oxygen atoms in total. The van der Waals surface area contributed by atoms with E-state index in [2.05, 4.69) is 0 Å². The number of nitrogens with zero attached hydrogens (tertiary/aromatic N) is 2. The third kappa shape index (κ3) is 5.24. The summed E-state index contributed by atoms with van der Waals surface area (Å²) in [4.78, 5) is 53.8. The van der Waals surface area contributed by atoms with Crippen LogP contribution in [0.2, 0.25) is 0 Å². The lowest BCUT2D eigenvalue weighted by Crippen LogP contribution is -2.54. The number of thiophene rings is 1. The molecule has 9 heteroatoms. The lowest BCUT2D eigenvalue weighted by atomic mass is 10.0. The van der Waals surface area contributed by atoms with Gasteiger partial charge in [-0.15, -0.1) is 11.3 Å². The van der Waals surface area contributed by atoms with Crippen molar-refractivity contribution in [3.63, 3.8) is 0 Å². The highest BCUT2D eigenvalue weighted by molar-refractivity contribution is 7.20. The van der Waals surface area contributed by atoms with Gasteiger partial charge in [0.15, 0.2) is 0 Å². The van der Waals surface area contributed by atoms with E-state index in [0.29, 0.717) is 16.8 Å². The van der Waals surface area contributed by atoms with Crippen molar-refractivity contribution in [2.24, 2.45) is 0 Å². The third-order valence-electron chi connectivity index (χ3n) is 5.60. The Kier molecular flexibility index (Phi) is 7.40. The third-order valence-corrected chi connectivity index (χ3v) is 6.89. The quantitative estimate of drug-likeness (QED) is 0.455. The fourth-order valence-electron chi connectivity index (χ4n) is 3.81. The number of hydrogen-bond donors (Lipinski definition) is 0. The molecular weight excluding hydrogens is 468 g/mol. The molecule has 0 bridgehead atoms. The summed E-state index contributed by atoms with van der Waals surface area (Å²) in [5.74, 6) is -1.25. The fourth-order valence-corrected chi connectivity index (χ4v) is 5.02. The van der Waals surface area contributed by atoms with Gasteiger partial charge in [-0.05, 0) is 66.0 Å². The molecule has 35 heavy (non-hydrogen) atoms. The van der Waals surface area contributed by atoms with Crippen molar-refractivity contribution in [3.05, 3.63) is 67.2 Å². The Labute approximate surface area is 208 Å². The molecule has 0 spiro atoms. The minimum atomic E-state index is -1.58. The molecule has 0 unspecified atom stereocenters. The van der Waals surface area contributed by atoms with Crippen molar-refractivity contribution in [2.75, 3.05) is 6.61 Å². The first-order valence-corrected chi connectivity index (χ1v) is 12.3. The van der Waals surface area contributed by atoms with Crippen LogP contribution in [0, 0.1) is 6.92 Å². The van der Waals surface area contributed by atoms with E-state index in [1.165, 1.54) is 18.4 Å². The van der Waals surface area contributed by atoms with Crippen LogP contribution >= 0.6 is 11.3 Å². The Hall–Kier alpha value is -3.20. The maximum Gasteiger partial charge on any atom is 0.348 e. The molecular formula is C26H32N2O6S. The van der Waals surface area contributed by atoms with Gasteiger partial charge in [0.2, 0.25) is 0 Å². The van der Waals surface area contributed by atoms with Crippen molar-refractivity contribution >= 4 is 33.5 Å². The summed E-state index contributed by atoms with van der Waals surface area (Å²) in [5, 5.41) is 0.224. The Balaban J connectivity index is 2.29. The van der Waals surface area contributed by atoms with Crippen molar-refractivity contribution in [1.29, 1.82) is 0 Å². The molecule has 0 saturated heterocycles. The van der Waals surface area contributed by atoms with E-state index in [-0.39, 0.29) is 23.4 Å². The second-order valence-corrected chi connectivity index (χ2v) is 10.8. The largest absolute Gasteiger partial charge is 0.462 e. The number of ether oxygens (including phenoxy) is 2. The molecule has 2 aromatic heterocycles. The van der Waals surface area contributed by atoms with Crippen LogP contribution < -0.4 is 11.2 Å². The number of carbonyl (C=O) groups excluding carboxylic acids is 2. The van der Waals surface area contributed by atoms with Crippen molar-refractivity contribution < 1.29 is 19.1 Å². The van der Waals surface area contributed by atoms with E-state index < -0.39 is 34.3 Å². The molecule has 188 valence electrons. The van der Waals surface area contributed by atoms with Crippen LogP contribution in [0.3, 0.4) is 0 Å². The molecule has 0 saturated carbocycles. The van der Waals surface area contributed by atoms with E-state index in [9.17, 15) is 19.2 Å². The summed E-state index contributed by atoms with van der Waals surface area (Å²) < 4.78 is 13.1. The lowest BCUT2D eigenvalue weighted by Gasteiger charge is -2.30. The smallest absolute Gasteiger partial charge is 0.348 e. The number of fused-ring (bicyclic) bond motifs is 1. The number of rotatable bonds is 7. The molecule has 3 aromatic rings. The van der Waals surface area contributed by atoms with Gasteiger partial charge in [-0.3, -0.25) is 9.36 Å². The van der Waals surface area contributed by atoms with E-state index in [1.54, 1.807) is 34.6 Å². The number of hydrogen-bond acceptors (Lipinski definition) is 7. The first-order chi connectivity index (χ1) is 16.3. The van der Waals surface area contributed by atoms with E-state index in [4.69, 9.17) is 9.47 Å². The van der Waals surface area contributed by atoms with E-state index >= 15 is 0 Å². The van der Waals surface area contributed by atoms with Crippen molar-refractivity contribution in [3.8, 4) is 0 Å². The van der Waals surface area contributed by atoms with Gasteiger partial charge in [-0.2, -0.15) is 0 Å². The molecule has 2 heterocycles. The van der Waals surface area contributed by atoms with Crippen LogP contribution in [0.25, 0.3) is 10.2 Å². The molecule has 0 N–H and O–H groups in total. The normalized spacial score (nSPS) is 12.1. The average Bonchev–Trinajstić information content (AvgIpc) is 3.10. The average molecular weight is 501 g/mol. The molecule has 0 aliphatic rings. The highest BCUT2D eigenvalue weighted by Crippen LogP contribution is 2.30.